The van der Waals surface area contributed by atoms with Gasteiger partial charge in [0.2, 0.25) is 5.91 Å². The van der Waals surface area contributed by atoms with Crippen LogP contribution >= 0.6 is 0 Å². The van der Waals surface area contributed by atoms with Crippen molar-refractivity contribution < 1.29 is 4.79 Å². The molecule has 1 heterocycles. The predicted molar refractivity (Wildman–Crippen MR) is 87.2 cm³/mol. The van der Waals surface area contributed by atoms with Crippen LogP contribution in [0.4, 0.5) is 0 Å². The van der Waals surface area contributed by atoms with Crippen LogP contribution in [0.3, 0.4) is 0 Å². The first kappa shape index (κ1) is 15.6. The average Bonchev–Trinajstić information content (AvgIpc) is 2.97. The van der Waals surface area contributed by atoms with Crippen molar-refractivity contribution in [1.82, 2.24) is 25.5 Å². The number of carbonyl (C=O) groups is 1. The van der Waals surface area contributed by atoms with Crippen molar-refractivity contribution in [3.63, 3.8) is 0 Å². The van der Waals surface area contributed by atoms with Gasteiger partial charge >= 0.3 is 0 Å². The van der Waals surface area contributed by atoms with Gasteiger partial charge in [-0.15, -0.1) is 5.10 Å². The molecule has 1 fully saturated rings. The van der Waals surface area contributed by atoms with Gasteiger partial charge in [-0.1, -0.05) is 37.0 Å². The van der Waals surface area contributed by atoms with Crippen LogP contribution in [-0.2, 0) is 10.3 Å². The van der Waals surface area contributed by atoms with E-state index in [1.807, 2.05) is 6.07 Å². The second-order valence-electron chi connectivity index (χ2n) is 6.53. The van der Waals surface area contributed by atoms with Crippen LogP contribution in [0.25, 0.3) is 5.69 Å². The van der Waals surface area contributed by atoms with Crippen LogP contribution in [-0.4, -0.2) is 26.1 Å². The van der Waals surface area contributed by atoms with E-state index < -0.39 is 5.54 Å². The van der Waals surface area contributed by atoms with Crippen molar-refractivity contribution in [1.29, 1.82) is 0 Å². The van der Waals surface area contributed by atoms with Crippen molar-refractivity contribution in [2.45, 2.75) is 58.4 Å². The number of tetrazole rings is 1. The number of nitrogens with zero attached hydrogens (tertiary/aromatic N) is 4. The number of aryl methyl sites for hydroxylation is 2. The Hall–Kier alpha value is -2.24. The Balaban J connectivity index is 2.09. The molecule has 0 radical (unpaired) electrons. The van der Waals surface area contributed by atoms with E-state index in [0.717, 1.165) is 42.8 Å². The van der Waals surface area contributed by atoms with Gasteiger partial charge in [-0.3, -0.25) is 4.79 Å². The van der Waals surface area contributed by atoms with E-state index in [9.17, 15) is 4.79 Å². The Morgan fingerprint density at radius 1 is 1.22 bits per heavy atom. The minimum Gasteiger partial charge on any atom is -0.344 e. The molecule has 3 rings (SSSR count). The van der Waals surface area contributed by atoms with Crippen LogP contribution in [0.2, 0.25) is 0 Å². The fourth-order valence-corrected chi connectivity index (χ4v) is 3.59. The molecule has 0 atom stereocenters. The minimum atomic E-state index is -0.467. The van der Waals surface area contributed by atoms with Crippen molar-refractivity contribution in [3.8, 4) is 5.69 Å². The molecule has 6 heteroatoms. The van der Waals surface area contributed by atoms with E-state index >= 15 is 0 Å². The number of benzene rings is 1. The van der Waals surface area contributed by atoms with Crippen LogP contribution in [0.1, 0.15) is 56.0 Å². The first-order chi connectivity index (χ1) is 11.0. The normalized spacial score (nSPS) is 17.0. The molecule has 1 aromatic heterocycles. The summed E-state index contributed by atoms with van der Waals surface area (Å²) in [5.41, 5.74) is 2.82. The standard InChI is InChI=1S/C17H23N5O/c1-12-7-8-15(13(2)11-12)22-16(19-20-21-22)17(18-14(3)23)9-5-4-6-10-17/h7-8,11H,4-6,9-10H2,1-3H3,(H,18,23). The summed E-state index contributed by atoms with van der Waals surface area (Å²) in [5.74, 6) is 0.696. The SMILES string of the molecule is CC(=O)NC1(c2nnnn2-c2ccc(C)cc2C)CCCCC1. The zero-order chi connectivity index (χ0) is 16.4. The van der Waals surface area contributed by atoms with Crippen LogP contribution in [0.5, 0.6) is 0 Å². The third kappa shape index (κ3) is 2.98. The molecular formula is C17H23N5O. The highest BCUT2D eigenvalue weighted by atomic mass is 16.1. The van der Waals surface area contributed by atoms with E-state index in [2.05, 4.69) is 46.8 Å². The summed E-state index contributed by atoms with van der Waals surface area (Å²) in [4.78, 5) is 11.8. The van der Waals surface area contributed by atoms with Gasteiger partial charge in [0.05, 0.1) is 5.69 Å². The number of aromatic nitrogens is 4. The van der Waals surface area contributed by atoms with Gasteiger partial charge < -0.3 is 5.32 Å². The molecule has 2 aromatic rings. The smallest absolute Gasteiger partial charge is 0.217 e. The number of hydrogen-bond donors (Lipinski definition) is 1. The monoisotopic (exact) mass is 313 g/mol. The summed E-state index contributed by atoms with van der Waals surface area (Å²) in [6, 6.07) is 6.21. The number of hydrogen-bond acceptors (Lipinski definition) is 4. The highest BCUT2D eigenvalue weighted by molar-refractivity contribution is 5.74. The Labute approximate surface area is 136 Å². The minimum absolute atomic E-state index is 0.0397. The largest absolute Gasteiger partial charge is 0.344 e. The zero-order valence-corrected chi connectivity index (χ0v) is 14.0. The van der Waals surface area contributed by atoms with E-state index in [1.165, 1.54) is 12.0 Å². The maximum atomic E-state index is 11.8. The molecule has 1 saturated carbocycles. The van der Waals surface area contributed by atoms with Gasteiger partial charge in [0, 0.05) is 6.92 Å². The lowest BCUT2D eigenvalue weighted by atomic mass is 9.80. The van der Waals surface area contributed by atoms with Crippen LogP contribution in [0, 0.1) is 13.8 Å². The van der Waals surface area contributed by atoms with Gasteiger partial charge in [-0.25, -0.2) is 0 Å². The lowest BCUT2D eigenvalue weighted by Gasteiger charge is -2.36. The van der Waals surface area contributed by atoms with Crippen LogP contribution < -0.4 is 5.32 Å². The average molecular weight is 313 g/mol. The van der Waals surface area contributed by atoms with Gasteiger partial charge in [-0.2, -0.15) is 4.68 Å². The molecule has 1 N–H and O–H groups in total. The van der Waals surface area contributed by atoms with Crippen LogP contribution in [0.15, 0.2) is 18.2 Å². The number of carbonyl (C=O) groups excluding carboxylic acids is 1. The van der Waals surface area contributed by atoms with Gasteiger partial charge in [0.15, 0.2) is 5.82 Å². The summed E-state index contributed by atoms with van der Waals surface area (Å²) in [6.45, 7) is 5.68. The summed E-state index contributed by atoms with van der Waals surface area (Å²) in [7, 11) is 0. The first-order valence-corrected chi connectivity index (χ1v) is 8.17. The lowest BCUT2D eigenvalue weighted by molar-refractivity contribution is -0.121. The number of rotatable bonds is 3. The van der Waals surface area contributed by atoms with Gasteiger partial charge in [-0.05, 0) is 48.7 Å². The summed E-state index contributed by atoms with van der Waals surface area (Å²) in [6.07, 6.45) is 5.07. The molecule has 0 bridgehead atoms. The van der Waals surface area contributed by atoms with E-state index in [1.54, 1.807) is 11.6 Å². The Morgan fingerprint density at radius 3 is 2.61 bits per heavy atom. The molecule has 0 aliphatic heterocycles. The van der Waals surface area contributed by atoms with Gasteiger partial charge in [0.1, 0.15) is 5.54 Å². The topological polar surface area (TPSA) is 72.7 Å². The number of amides is 1. The molecule has 0 saturated heterocycles. The third-order valence-electron chi connectivity index (χ3n) is 4.60. The van der Waals surface area contributed by atoms with Crippen molar-refractivity contribution >= 4 is 5.91 Å². The highest BCUT2D eigenvalue weighted by Gasteiger charge is 2.40. The Kier molecular flexibility index (Phi) is 4.15. The highest BCUT2D eigenvalue weighted by Crippen LogP contribution is 2.36. The van der Waals surface area contributed by atoms with Gasteiger partial charge in [0.25, 0.3) is 0 Å². The van der Waals surface area contributed by atoms with Crippen molar-refractivity contribution in [3.05, 3.63) is 35.2 Å². The van der Waals surface area contributed by atoms with E-state index in [0.29, 0.717) is 0 Å². The third-order valence-corrected chi connectivity index (χ3v) is 4.60. The second-order valence-corrected chi connectivity index (χ2v) is 6.53. The quantitative estimate of drug-likeness (QED) is 0.945. The van der Waals surface area contributed by atoms with E-state index in [4.69, 9.17) is 0 Å². The zero-order valence-electron chi connectivity index (χ0n) is 14.0. The Morgan fingerprint density at radius 2 is 1.96 bits per heavy atom. The molecule has 0 unspecified atom stereocenters. The molecule has 1 aliphatic rings. The fraction of sp³-hybridized carbons (Fsp3) is 0.529. The van der Waals surface area contributed by atoms with E-state index in [-0.39, 0.29) is 5.91 Å². The molecule has 6 nitrogen and oxygen atoms in total. The molecular weight excluding hydrogens is 290 g/mol. The molecule has 122 valence electrons. The summed E-state index contributed by atoms with van der Waals surface area (Å²) < 4.78 is 1.79. The molecule has 1 amide bonds. The summed E-state index contributed by atoms with van der Waals surface area (Å²) in [5, 5.41) is 15.5. The molecule has 1 aromatic carbocycles. The second kappa shape index (κ2) is 6.10. The Bertz CT molecular complexity index is 716. The first-order valence-electron chi connectivity index (χ1n) is 8.17. The fourth-order valence-electron chi connectivity index (χ4n) is 3.59. The lowest BCUT2D eigenvalue weighted by Crippen LogP contribution is -2.48. The number of nitrogens with one attached hydrogen (secondary N) is 1. The molecule has 0 spiro atoms. The molecule has 23 heavy (non-hydrogen) atoms. The van der Waals surface area contributed by atoms with Crippen molar-refractivity contribution in [2.75, 3.05) is 0 Å². The molecule has 1 aliphatic carbocycles. The maximum absolute atomic E-state index is 11.8. The predicted octanol–water partition coefficient (Wildman–Crippen LogP) is 2.57. The maximum Gasteiger partial charge on any atom is 0.217 e. The summed E-state index contributed by atoms with van der Waals surface area (Å²) >= 11 is 0. The van der Waals surface area contributed by atoms with Crippen molar-refractivity contribution in [2.24, 2.45) is 0 Å².